The number of hydrogen-bond donors (Lipinski definition) is 1. The van der Waals surface area contributed by atoms with Crippen molar-refractivity contribution in [3.63, 3.8) is 0 Å². The maximum absolute atomic E-state index is 3.54. The first-order valence-corrected chi connectivity index (χ1v) is 8.32. The number of likely N-dealkylation sites (N-methyl/N-ethyl adjacent to an activating group) is 1. The van der Waals surface area contributed by atoms with Crippen molar-refractivity contribution in [3.05, 3.63) is 0 Å². The van der Waals surface area contributed by atoms with Gasteiger partial charge in [0.2, 0.25) is 0 Å². The lowest BCUT2D eigenvalue weighted by Gasteiger charge is -2.25. The van der Waals surface area contributed by atoms with Gasteiger partial charge in [-0.2, -0.15) is 0 Å². The molecule has 2 aliphatic heterocycles. The van der Waals surface area contributed by atoms with E-state index in [-0.39, 0.29) is 0 Å². The van der Waals surface area contributed by atoms with Gasteiger partial charge in [0.25, 0.3) is 0 Å². The molecule has 0 radical (unpaired) electrons. The van der Waals surface area contributed by atoms with E-state index in [9.17, 15) is 0 Å². The summed E-state index contributed by atoms with van der Waals surface area (Å²) in [5, 5.41) is 3.54. The van der Waals surface area contributed by atoms with Crippen molar-refractivity contribution in [3.8, 4) is 0 Å². The van der Waals surface area contributed by atoms with Crippen LogP contribution in [0.5, 0.6) is 0 Å². The molecule has 0 aromatic carbocycles. The Morgan fingerprint density at radius 2 is 1.89 bits per heavy atom. The summed E-state index contributed by atoms with van der Waals surface area (Å²) in [6, 6.07) is 1.72. The summed E-state index contributed by atoms with van der Waals surface area (Å²) >= 11 is 0. The Hall–Kier alpha value is -0.120. The number of likely N-dealkylation sites (tertiary alicyclic amines) is 1. The average molecular weight is 267 g/mol. The minimum atomic E-state index is 0.775. The van der Waals surface area contributed by atoms with E-state index in [1.807, 2.05) is 0 Å². The predicted molar refractivity (Wildman–Crippen MR) is 82.6 cm³/mol. The number of nitrogens with zero attached hydrogens (tertiary/aromatic N) is 2. The van der Waals surface area contributed by atoms with Gasteiger partial charge < -0.3 is 10.2 Å². The number of unbranched alkanes of at least 4 members (excludes halogenated alkanes) is 1. The van der Waals surface area contributed by atoms with E-state index < -0.39 is 0 Å². The first-order valence-electron chi connectivity index (χ1n) is 8.32. The molecule has 19 heavy (non-hydrogen) atoms. The molecule has 2 unspecified atom stereocenters. The highest BCUT2D eigenvalue weighted by atomic mass is 15.3. The van der Waals surface area contributed by atoms with Gasteiger partial charge in [-0.1, -0.05) is 13.8 Å². The van der Waals surface area contributed by atoms with Gasteiger partial charge in [0, 0.05) is 18.6 Å². The highest BCUT2D eigenvalue weighted by Gasteiger charge is 2.34. The van der Waals surface area contributed by atoms with Crippen LogP contribution >= 0.6 is 0 Å². The van der Waals surface area contributed by atoms with Gasteiger partial charge in [-0.25, -0.2) is 0 Å². The van der Waals surface area contributed by atoms with Gasteiger partial charge in [-0.05, 0) is 71.2 Å². The summed E-state index contributed by atoms with van der Waals surface area (Å²) < 4.78 is 0. The number of rotatable bonds is 7. The first-order chi connectivity index (χ1) is 9.16. The molecular weight excluding hydrogens is 234 g/mol. The second kappa shape index (κ2) is 7.61. The Kier molecular flexibility index (Phi) is 6.11. The van der Waals surface area contributed by atoms with Crippen molar-refractivity contribution in [1.82, 2.24) is 15.1 Å². The highest BCUT2D eigenvalue weighted by Crippen LogP contribution is 2.28. The fourth-order valence-corrected chi connectivity index (χ4v) is 3.56. The van der Waals surface area contributed by atoms with Crippen molar-refractivity contribution >= 4 is 0 Å². The predicted octanol–water partition coefficient (Wildman–Crippen LogP) is 2.18. The van der Waals surface area contributed by atoms with E-state index in [4.69, 9.17) is 0 Å². The normalized spacial score (nSPS) is 29.1. The third-order valence-corrected chi connectivity index (χ3v) is 4.86. The van der Waals surface area contributed by atoms with E-state index in [0.29, 0.717) is 0 Å². The van der Waals surface area contributed by atoms with Crippen LogP contribution in [0.3, 0.4) is 0 Å². The molecule has 2 bridgehead atoms. The summed E-state index contributed by atoms with van der Waals surface area (Å²) in [5.74, 6) is 0.775. The topological polar surface area (TPSA) is 18.5 Å². The maximum Gasteiger partial charge on any atom is 0.0223 e. The van der Waals surface area contributed by atoms with Crippen molar-refractivity contribution in [2.45, 2.75) is 58.0 Å². The fraction of sp³-hybridized carbons (Fsp3) is 1.00. The molecule has 3 nitrogen and oxygen atoms in total. The van der Waals surface area contributed by atoms with E-state index >= 15 is 0 Å². The molecule has 2 aliphatic rings. The van der Waals surface area contributed by atoms with Crippen LogP contribution in [0.15, 0.2) is 0 Å². The lowest BCUT2D eigenvalue weighted by atomic mass is 10.1. The molecule has 0 aromatic heterocycles. The molecule has 2 fully saturated rings. The minimum absolute atomic E-state index is 0.775. The molecule has 2 heterocycles. The Morgan fingerprint density at radius 3 is 2.68 bits per heavy atom. The molecule has 2 saturated heterocycles. The second-order valence-corrected chi connectivity index (χ2v) is 6.94. The monoisotopic (exact) mass is 267 g/mol. The molecule has 0 aliphatic carbocycles. The SMILES string of the molecule is CC(C)CNCCCCN1CCC2CCC(C1)N2C. The van der Waals surface area contributed by atoms with Crippen LogP contribution in [0.1, 0.15) is 46.0 Å². The third-order valence-electron chi connectivity index (χ3n) is 4.86. The third kappa shape index (κ3) is 4.73. The second-order valence-electron chi connectivity index (χ2n) is 6.94. The molecule has 0 saturated carbocycles. The summed E-state index contributed by atoms with van der Waals surface area (Å²) in [7, 11) is 2.33. The Bertz CT molecular complexity index is 254. The number of hydrogen-bond acceptors (Lipinski definition) is 3. The van der Waals surface area contributed by atoms with Crippen molar-refractivity contribution < 1.29 is 0 Å². The molecule has 2 atom stereocenters. The molecule has 2 rings (SSSR count). The summed E-state index contributed by atoms with van der Waals surface area (Å²) in [6.45, 7) is 10.8. The quantitative estimate of drug-likeness (QED) is 0.713. The molecule has 0 amide bonds. The lowest BCUT2D eigenvalue weighted by Crippen LogP contribution is -2.37. The number of nitrogens with one attached hydrogen (secondary N) is 1. The Balaban J connectivity index is 1.57. The van der Waals surface area contributed by atoms with Crippen LogP contribution in [0.25, 0.3) is 0 Å². The van der Waals surface area contributed by atoms with E-state index in [1.54, 1.807) is 0 Å². The summed E-state index contributed by atoms with van der Waals surface area (Å²) in [4.78, 5) is 5.35. The van der Waals surface area contributed by atoms with Crippen molar-refractivity contribution in [2.24, 2.45) is 5.92 Å². The van der Waals surface area contributed by atoms with Crippen LogP contribution < -0.4 is 5.32 Å². The van der Waals surface area contributed by atoms with Crippen LogP contribution in [0.2, 0.25) is 0 Å². The summed E-state index contributed by atoms with van der Waals surface area (Å²) in [6.07, 6.45) is 6.93. The van der Waals surface area contributed by atoms with Gasteiger partial charge in [-0.15, -0.1) is 0 Å². The zero-order valence-electron chi connectivity index (χ0n) is 13.2. The largest absolute Gasteiger partial charge is 0.316 e. The van der Waals surface area contributed by atoms with Crippen molar-refractivity contribution in [1.29, 1.82) is 0 Å². The van der Waals surface area contributed by atoms with Crippen LogP contribution in [0, 0.1) is 5.92 Å². The molecule has 0 spiro atoms. The zero-order valence-corrected chi connectivity index (χ0v) is 13.2. The van der Waals surface area contributed by atoms with Gasteiger partial charge in [0.1, 0.15) is 0 Å². The molecule has 112 valence electrons. The van der Waals surface area contributed by atoms with Crippen LogP contribution in [0.4, 0.5) is 0 Å². The van der Waals surface area contributed by atoms with Gasteiger partial charge >= 0.3 is 0 Å². The molecule has 3 heteroatoms. The van der Waals surface area contributed by atoms with Gasteiger partial charge in [0.15, 0.2) is 0 Å². The highest BCUT2D eigenvalue weighted by molar-refractivity contribution is 4.90. The summed E-state index contributed by atoms with van der Waals surface area (Å²) in [5.41, 5.74) is 0. The minimum Gasteiger partial charge on any atom is -0.316 e. The number of fused-ring (bicyclic) bond motifs is 2. The Labute approximate surface area is 119 Å². The van der Waals surface area contributed by atoms with Crippen LogP contribution in [-0.2, 0) is 0 Å². The van der Waals surface area contributed by atoms with Crippen molar-refractivity contribution in [2.75, 3.05) is 39.8 Å². The van der Waals surface area contributed by atoms with E-state index in [0.717, 1.165) is 24.5 Å². The zero-order chi connectivity index (χ0) is 13.7. The first kappa shape index (κ1) is 15.3. The van der Waals surface area contributed by atoms with E-state index in [1.165, 1.54) is 58.3 Å². The molecule has 1 N–H and O–H groups in total. The van der Waals surface area contributed by atoms with Crippen LogP contribution in [-0.4, -0.2) is 61.7 Å². The maximum atomic E-state index is 3.54. The Morgan fingerprint density at radius 1 is 1.11 bits per heavy atom. The average Bonchev–Trinajstić information content (AvgIpc) is 2.60. The standard InChI is InChI=1S/C16H33N3/c1-14(2)12-17-9-4-5-10-19-11-8-15-6-7-16(13-19)18(15)3/h14-17H,4-13H2,1-3H3. The molecular formula is C16H33N3. The van der Waals surface area contributed by atoms with Gasteiger partial charge in [0.05, 0.1) is 0 Å². The van der Waals surface area contributed by atoms with E-state index in [2.05, 4.69) is 36.0 Å². The van der Waals surface area contributed by atoms with Gasteiger partial charge in [-0.3, -0.25) is 4.90 Å². The molecule has 0 aromatic rings. The fourth-order valence-electron chi connectivity index (χ4n) is 3.56. The smallest absolute Gasteiger partial charge is 0.0223 e. The lowest BCUT2D eigenvalue weighted by molar-refractivity contribution is 0.217.